The van der Waals surface area contributed by atoms with Gasteiger partial charge in [0.1, 0.15) is 11.4 Å². The number of hydrogen-bond donors (Lipinski definition) is 0. The summed E-state index contributed by atoms with van der Waals surface area (Å²) in [7, 11) is 1.31. The van der Waals surface area contributed by atoms with Gasteiger partial charge in [0.15, 0.2) is 5.78 Å². The van der Waals surface area contributed by atoms with Gasteiger partial charge in [-0.1, -0.05) is 17.7 Å². The summed E-state index contributed by atoms with van der Waals surface area (Å²) < 4.78 is 11.0. The van der Waals surface area contributed by atoms with Crippen molar-refractivity contribution in [3.8, 4) is 5.75 Å². The Hall–Kier alpha value is -3.15. The number of ether oxygens (including phenoxy) is 2. The number of esters is 1. The van der Waals surface area contributed by atoms with Crippen LogP contribution >= 0.6 is 0 Å². The lowest BCUT2D eigenvalue weighted by Gasteiger charge is -2.44. The molecule has 6 nitrogen and oxygen atoms in total. The summed E-state index contributed by atoms with van der Waals surface area (Å²) in [5.74, 6) is 0.127. The largest absolute Gasteiger partial charge is 0.486 e. The number of hydrogen-bond acceptors (Lipinski definition) is 5. The fourth-order valence-electron chi connectivity index (χ4n) is 4.08. The van der Waals surface area contributed by atoms with Crippen LogP contribution in [0.3, 0.4) is 0 Å². The van der Waals surface area contributed by atoms with Crippen molar-refractivity contribution in [3.63, 3.8) is 0 Å². The van der Waals surface area contributed by atoms with Gasteiger partial charge in [-0.2, -0.15) is 0 Å². The molecule has 0 atom stereocenters. The van der Waals surface area contributed by atoms with E-state index >= 15 is 0 Å². The van der Waals surface area contributed by atoms with Crippen LogP contribution in [0.15, 0.2) is 42.5 Å². The molecule has 0 aliphatic carbocycles. The normalized spacial score (nSPS) is 17.4. The minimum absolute atomic E-state index is 0.0977. The molecule has 1 spiro atoms. The molecule has 0 bridgehead atoms. The van der Waals surface area contributed by atoms with Gasteiger partial charge in [0.05, 0.1) is 24.7 Å². The van der Waals surface area contributed by atoms with E-state index in [1.807, 2.05) is 25.1 Å². The predicted octanol–water partition coefficient (Wildman–Crippen LogP) is 3.42. The van der Waals surface area contributed by atoms with Crippen LogP contribution < -0.4 is 4.74 Å². The quantitative estimate of drug-likeness (QED) is 0.731. The number of ketones is 1. The molecule has 1 fully saturated rings. The van der Waals surface area contributed by atoms with Gasteiger partial charge in [0.25, 0.3) is 5.91 Å². The molecule has 0 unspecified atom stereocenters. The molecule has 2 aliphatic rings. The van der Waals surface area contributed by atoms with Gasteiger partial charge in [-0.05, 0) is 37.3 Å². The van der Waals surface area contributed by atoms with Crippen LogP contribution in [0.2, 0.25) is 0 Å². The average molecular weight is 393 g/mol. The topological polar surface area (TPSA) is 72.9 Å². The number of rotatable bonds is 2. The first-order valence-electron chi connectivity index (χ1n) is 9.71. The molecule has 0 aromatic heterocycles. The highest BCUT2D eigenvalue weighted by Crippen LogP contribution is 2.39. The second kappa shape index (κ2) is 7.35. The maximum Gasteiger partial charge on any atom is 0.337 e. The number of Topliss-reactive ketones (excluding diaryl/α,β-unsaturated/α-hetero) is 1. The summed E-state index contributed by atoms with van der Waals surface area (Å²) >= 11 is 0. The lowest BCUT2D eigenvalue weighted by Crippen LogP contribution is -2.52. The SMILES string of the molecule is COC(=O)c1cccc(C(=O)N2CCC3(CC2)CC(=O)c2cc(C)ccc2O3)c1. The van der Waals surface area contributed by atoms with Gasteiger partial charge < -0.3 is 14.4 Å². The molecular weight excluding hydrogens is 370 g/mol. The number of amides is 1. The monoisotopic (exact) mass is 393 g/mol. The van der Waals surface area contributed by atoms with E-state index in [4.69, 9.17) is 9.47 Å². The molecule has 1 amide bonds. The summed E-state index contributed by atoms with van der Waals surface area (Å²) in [4.78, 5) is 39.0. The molecule has 4 rings (SSSR count). The van der Waals surface area contributed by atoms with Crippen molar-refractivity contribution in [1.82, 2.24) is 4.90 Å². The third-order valence-corrected chi connectivity index (χ3v) is 5.74. The van der Waals surface area contributed by atoms with Crippen molar-refractivity contribution in [2.45, 2.75) is 31.8 Å². The van der Waals surface area contributed by atoms with E-state index in [0.717, 1.165) is 5.56 Å². The number of carbonyl (C=O) groups is 3. The number of piperidine rings is 1. The number of methoxy groups -OCH3 is 1. The smallest absolute Gasteiger partial charge is 0.337 e. The Kier molecular flexibility index (Phi) is 4.86. The van der Waals surface area contributed by atoms with Crippen LogP contribution in [-0.4, -0.2) is 48.4 Å². The lowest BCUT2D eigenvalue weighted by molar-refractivity contribution is -0.00573. The Morgan fingerprint density at radius 2 is 1.79 bits per heavy atom. The van der Waals surface area contributed by atoms with Crippen LogP contribution in [0.5, 0.6) is 5.75 Å². The molecular formula is C23H23NO5. The highest BCUT2D eigenvalue weighted by Gasteiger charge is 2.43. The molecule has 0 saturated carbocycles. The zero-order valence-corrected chi connectivity index (χ0v) is 16.6. The highest BCUT2D eigenvalue weighted by molar-refractivity contribution is 6.01. The maximum absolute atomic E-state index is 12.9. The number of carbonyl (C=O) groups excluding carboxylic acids is 3. The van der Waals surface area contributed by atoms with E-state index in [9.17, 15) is 14.4 Å². The predicted molar refractivity (Wildman–Crippen MR) is 106 cm³/mol. The average Bonchev–Trinajstić information content (AvgIpc) is 2.74. The van der Waals surface area contributed by atoms with Gasteiger partial charge in [0, 0.05) is 31.5 Å². The molecule has 0 N–H and O–H groups in total. The Bertz CT molecular complexity index is 989. The summed E-state index contributed by atoms with van der Waals surface area (Å²) in [6.45, 7) is 2.95. The van der Waals surface area contributed by atoms with Gasteiger partial charge in [-0.15, -0.1) is 0 Å². The molecule has 150 valence electrons. The van der Waals surface area contributed by atoms with E-state index in [2.05, 4.69) is 0 Å². The fraction of sp³-hybridized carbons (Fsp3) is 0.348. The number of nitrogens with zero attached hydrogens (tertiary/aromatic N) is 1. The van der Waals surface area contributed by atoms with E-state index in [1.165, 1.54) is 7.11 Å². The molecule has 2 aromatic rings. The van der Waals surface area contributed by atoms with E-state index in [0.29, 0.717) is 54.8 Å². The second-order valence-corrected chi connectivity index (χ2v) is 7.75. The summed E-state index contributed by atoms with van der Waals surface area (Å²) in [6, 6.07) is 12.2. The summed E-state index contributed by atoms with van der Waals surface area (Å²) in [5, 5.41) is 0. The zero-order chi connectivity index (χ0) is 20.6. The van der Waals surface area contributed by atoms with Crippen LogP contribution in [0.4, 0.5) is 0 Å². The van der Waals surface area contributed by atoms with Crippen molar-refractivity contribution in [3.05, 3.63) is 64.7 Å². The van der Waals surface area contributed by atoms with Crippen molar-refractivity contribution in [2.24, 2.45) is 0 Å². The Morgan fingerprint density at radius 3 is 2.52 bits per heavy atom. The molecule has 6 heteroatoms. The third-order valence-electron chi connectivity index (χ3n) is 5.74. The summed E-state index contributed by atoms with van der Waals surface area (Å²) in [6.07, 6.45) is 1.52. The zero-order valence-electron chi connectivity index (χ0n) is 16.6. The Morgan fingerprint density at radius 1 is 1.07 bits per heavy atom. The van der Waals surface area contributed by atoms with Crippen molar-refractivity contribution in [1.29, 1.82) is 0 Å². The van der Waals surface area contributed by atoms with E-state index in [-0.39, 0.29) is 11.7 Å². The maximum atomic E-state index is 12.9. The van der Waals surface area contributed by atoms with Crippen molar-refractivity contribution < 1.29 is 23.9 Å². The number of fused-ring (bicyclic) bond motifs is 1. The first kappa shape index (κ1) is 19.2. The van der Waals surface area contributed by atoms with Crippen LogP contribution in [0.1, 0.15) is 55.9 Å². The van der Waals surface area contributed by atoms with Crippen LogP contribution in [0.25, 0.3) is 0 Å². The number of benzene rings is 2. The minimum Gasteiger partial charge on any atom is -0.486 e. The van der Waals surface area contributed by atoms with Crippen LogP contribution in [0, 0.1) is 6.92 Å². The van der Waals surface area contributed by atoms with Gasteiger partial charge in [-0.25, -0.2) is 4.79 Å². The fourth-order valence-corrected chi connectivity index (χ4v) is 4.08. The van der Waals surface area contributed by atoms with E-state index < -0.39 is 11.6 Å². The molecule has 0 radical (unpaired) electrons. The van der Waals surface area contributed by atoms with Gasteiger partial charge in [-0.3, -0.25) is 9.59 Å². The molecule has 2 aliphatic heterocycles. The van der Waals surface area contributed by atoms with Crippen LogP contribution in [-0.2, 0) is 4.74 Å². The Labute approximate surface area is 169 Å². The number of aryl methyl sites for hydroxylation is 1. The second-order valence-electron chi connectivity index (χ2n) is 7.75. The van der Waals surface area contributed by atoms with Crippen molar-refractivity contribution in [2.75, 3.05) is 20.2 Å². The standard InChI is InChI=1S/C23H23NO5/c1-15-6-7-20-18(12-15)19(25)14-23(29-20)8-10-24(11-9-23)21(26)16-4-3-5-17(13-16)22(27)28-2/h3-7,12-13H,8-11,14H2,1-2H3. The first-order valence-corrected chi connectivity index (χ1v) is 9.71. The van der Waals surface area contributed by atoms with Crippen molar-refractivity contribution >= 4 is 17.7 Å². The van der Waals surface area contributed by atoms with E-state index in [1.54, 1.807) is 29.2 Å². The minimum atomic E-state index is -0.552. The van der Waals surface area contributed by atoms with Gasteiger partial charge in [0.2, 0.25) is 0 Å². The molecule has 1 saturated heterocycles. The highest BCUT2D eigenvalue weighted by atomic mass is 16.5. The first-order chi connectivity index (χ1) is 13.9. The Balaban J connectivity index is 1.47. The molecule has 29 heavy (non-hydrogen) atoms. The summed E-state index contributed by atoms with van der Waals surface area (Å²) in [5.41, 5.74) is 1.93. The van der Waals surface area contributed by atoms with Gasteiger partial charge >= 0.3 is 5.97 Å². The molecule has 2 heterocycles. The molecule has 2 aromatic carbocycles. The lowest BCUT2D eigenvalue weighted by atomic mass is 9.82. The third kappa shape index (κ3) is 3.62. The number of likely N-dealkylation sites (tertiary alicyclic amines) is 1.